The van der Waals surface area contributed by atoms with E-state index in [0.717, 1.165) is 6.07 Å². The van der Waals surface area contributed by atoms with Crippen molar-refractivity contribution in [1.82, 2.24) is 0 Å². The highest BCUT2D eigenvalue weighted by molar-refractivity contribution is 6.61. The summed E-state index contributed by atoms with van der Waals surface area (Å²) in [5.41, 5.74) is 0.289. The highest BCUT2D eigenvalue weighted by Crippen LogP contribution is 2.22. The molecular weight excluding hydrogens is 210 g/mol. The number of benzene rings is 1. The fourth-order valence-electron chi connectivity index (χ4n) is 1.58. The molecule has 3 nitrogen and oxygen atoms in total. The number of aromatic hydroxyl groups is 1. The molecule has 0 bridgehead atoms. The first-order valence-electron chi connectivity index (χ1n) is 5.20. The molecule has 1 fully saturated rings. The van der Waals surface area contributed by atoms with Crippen molar-refractivity contribution in [3.05, 3.63) is 24.0 Å². The molecule has 1 saturated heterocycles. The van der Waals surface area contributed by atoms with Crippen LogP contribution < -0.4 is 5.46 Å². The number of rotatable bonds is 1. The minimum atomic E-state index is -0.673. The fourth-order valence-corrected chi connectivity index (χ4v) is 1.58. The van der Waals surface area contributed by atoms with Crippen molar-refractivity contribution in [3.8, 4) is 5.75 Å². The number of halogens is 1. The molecule has 0 amide bonds. The van der Waals surface area contributed by atoms with E-state index < -0.39 is 12.9 Å². The van der Waals surface area contributed by atoms with Crippen LogP contribution in [0.15, 0.2) is 18.2 Å². The van der Waals surface area contributed by atoms with Gasteiger partial charge in [-0.25, -0.2) is 4.39 Å². The van der Waals surface area contributed by atoms with E-state index in [1.54, 1.807) is 0 Å². The molecule has 0 radical (unpaired) electrons. The van der Waals surface area contributed by atoms with Crippen molar-refractivity contribution in [2.24, 2.45) is 5.41 Å². The van der Waals surface area contributed by atoms with Gasteiger partial charge in [0, 0.05) is 30.2 Å². The maximum absolute atomic E-state index is 13.5. The van der Waals surface area contributed by atoms with Crippen LogP contribution in [0.5, 0.6) is 5.75 Å². The van der Waals surface area contributed by atoms with E-state index in [1.165, 1.54) is 12.1 Å². The van der Waals surface area contributed by atoms with Crippen LogP contribution in [-0.4, -0.2) is 25.4 Å². The molecule has 1 aromatic rings. The molecule has 0 saturated carbocycles. The van der Waals surface area contributed by atoms with Crippen LogP contribution in [0.3, 0.4) is 0 Å². The van der Waals surface area contributed by atoms with E-state index in [4.69, 9.17) is 14.4 Å². The van der Waals surface area contributed by atoms with Crippen LogP contribution in [0.4, 0.5) is 4.39 Å². The predicted molar refractivity (Wildman–Crippen MR) is 59.1 cm³/mol. The summed E-state index contributed by atoms with van der Waals surface area (Å²) >= 11 is 0. The smallest absolute Gasteiger partial charge is 0.496 e. The number of hydrogen-bond donors (Lipinski definition) is 1. The first-order valence-corrected chi connectivity index (χ1v) is 5.20. The third-order valence-electron chi connectivity index (χ3n) is 2.49. The summed E-state index contributed by atoms with van der Waals surface area (Å²) in [6.07, 6.45) is 0. The van der Waals surface area contributed by atoms with E-state index in [-0.39, 0.29) is 11.2 Å². The van der Waals surface area contributed by atoms with Gasteiger partial charge in [0.15, 0.2) is 0 Å². The summed E-state index contributed by atoms with van der Waals surface area (Å²) < 4.78 is 24.4. The molecule has 1 heterocycles. The lowest BCUT2D eigenvalue weighted by Gasteiger charge is -2.33. The van der Waals surface area contributed by atoms with Gasteiger partial charge >= 0.3 is 7.12 Å². The maximum atomic E-state index is 13.5. The van der Waals surface area contributed by atoms with Gasteiger partial charge in [-0.15, -0.1) is 0 Å². The summed E-state index contributed by atoms with van der Waals surface area (Å²) in [6.45, 7) is 5.10. The molecule has 1 aliphatic rings. The average Bonchev–Trinajstić information content (AvgIpc) is 2.19. The molecule has 0 aliphatic carbocycles. The Hall–Kier alpha value is -1.07. The van der Waals surface area contributed by atoms with Crippen LogP contribution in [0.1, 0.15) is 13.8 Å². The summed E-state index contributed by atoms with van der Waals surface area (Å²) in [5, 5.41) is 9.10. The number of phenolic OH excluding ortho intramolecular Hbond substituents is 1. The van der Waals surface area contributed by atoms with Gasteiger partial charge in [-0.3, -0.25) is 0 Å². The Bertz CT molecular complexity index is 385. The van der Waals surface area contributed by atoms with Crippen molar-refractivity contribution in [1.29, 1.82) is 0 Å². The van der Waals surface area contributed by atoms with Crippen molar-refractivity contribution in [2.75, 3.05) is 13.2 Å². The van der Waals surface area contributed by atoms with E-state index in [9.17, 15) is 4.39 Å². The minimum Gasteiger partial charge on any atom is -0.508 e. The Kier molecular flexibility index (Phi) is 2.91. The van der Waals surface area contributed by atoms with Crippen LogP contribution in [0.25, 0.3) is 0 Å². The van der Waals surface area contributed by atoms with Gasteiger partial charge in [0.05, 0.1) is 0 Å². The maximum Gasteiger partial charge on any atom is 0.496 e. The van der Waals surface area contributed by atoms with Crippen LogP contribution in [-0.2, 0) is 9.31 Å². The highest BCUT2D eigenvalue weighted by atomic mass is 19.1. The quantitative estimate of drug-likeness (QED) is 0.730. The lowest BCUT2D eigenvalue weighted by molar-refractivity contribution is 0.0340. The van der Waals surface area contributed by atoms with E-state index >= 15 is 0 Å². The normalized spacial score (nSPS) is 19.8. The standard InChI is InChI=1S/C11H14BFO3/c1-11(2)6-15-12(16-7-11)9-4-3-8(14)5-10(9)13/h3-5,14H,6-7H2,1-2H3. The number of hydrogen-bond acceptors (Lipinski definition) is 3. The molecule has 16 heavy (non-hydrogen) atoms. The van der Waals surface area contributed by atoms with Crippen LogP contribution in [0.2, 0.25) is 0 Å². The summed E-state index contributed by atoms with van der Waals surface area (Å²) in [7, 11) is -0.673. The van der Waals surface area contributed by atoms with Gasteiger partial charge in [0.1, 0.15) is 11.6 Å². The lowest BCUT2D eigenvalue weighted by atomic mass is 9.75. The van der Waals surface area contributed by atoms with Crippen molar-refractivity contribution in [2.45, 2.75) is 13.8 Å². The fraction of sp³-hybridized carbons (Fsp3) is 0.455. The largest absolute Gasteiger partial charge is 0.508 e. The Morgan fingerprint density at radius 3 is 2.50 bits per heavy atom. The first-order chi connectivity index (χ1) is 7.48. The van der Waals surface area contributed by atoms with Crippen molar-refractivity contribution in [3.63, 3.8) is 0 Å². The van der Waals surface area contributed by atoms with Gasteiger partial charge in [-0.2, -0.15) is 0 Å². The van der Waals surface area contributed by atoms with Crippen molar-refractivity contribution < 1.29 is 18.8 Å². The van der Waals surface area contributed by atoms with Gasteiger partial charge in [-0.05, 0) is 6.07 Å². The minimum absolute atomic E-state index is 0.0378. The third-order valence-corrected chi connectivity index (χ3v) is 2.49. The zero-order chi connectivity index (χ0) is 11.8. The second-order valence-electron chi connectivity index (χ2n) is 4.82. The van der Waals surface area contributed by atoms with E-state index in [2.05, 4.69) is 0 Å². The molecule has 0 spiro atoms. The van der Waals surface area contributed by atoms with Crippen LogP contribution in [0, 0.1) is 11.2 Å². The second-order valence-corrected chi connectivity index (χ2v) is 4.82. The summed E-state index contributed by atoms with van der Waals surface area (Å²) in [6, 6.07) is 3.96. The molecule has 1 N–H and O–H groups in total. The van der Waals surface area contributed by atoms with Gasteiger partial charge < -0.3 is 14.4 Å². The molecule has 1 aliphatic heterocycles. The molecule has 1 aromatic carbocycles. The monoisotopic (exact) mass is 224 g/mol. The van der Waals surface area contributed by atoms with E-state index in [0.29, 0.717) is 18.7 Å². The zero-order valence-corrected chi connectivity index (χ0v) is 9.37. The molecule has 5 heteroatoms. The average molecular weight is 224 g/mol. The predicted octanol–water partition coefficient (Wildman–Crippen LogP) is 1.30. The van der Waals surface area contributed by atoms with Crippen molar-refractivity contribution >= 4 is 12.6 Å². The second kappa shape index (κ2) is 4.07. The molecule has 0 aromatic heterocycles. The van der Waals surface area contributed by atoms with Gasteiger partial charge in [-0.1, -0.05) is 19.9 Å². The zero-order valence-electron chi connectivity index (χ0n) is 9.37. The highest BCUT2D eigenvalue weighted by Gasteiger charge is 2.34. The lowest BCUT2D eigenvalue weighted by Crippen LogP contribution is -2.48. The molecule has 0 unspecified atom stereocenters. The van der Waals surface area contributed by atoms with Gasteiger partial charge in [0.25, 0.3) is 0 Å². The molecule has 86 valence electrons. The summed E-state index contributed by atoms with van der Waals surface area (Å²) in [4.78, 5) is 0. The Labute approximate surface area is 94.3 Å². The molecular formula is C11H14BFO3. The molecule has 2 rings (SSSR count). The SMILES string of the molecule is CC1(C)COB(c2ccc(O)cc2F)OC1. The Balaban J connectivity index is 2.14. The Morgan fingerprint density at radius 1 is 1.31 bits per heavy atom. The summed E-state index contributed by atoms with van der Waals surface area (Å²) in [5.74, 6) is -0.609. The van der Waals surface area contributed by atoms with Gasteiger partial charge in [0.2, 0.25) is 0 Å². The topological polar surface area (TPSA) is 38.7 Å². The molecule has 0 atom stereocenters. The number of phenols is 1. The van der Waals surface area contributed by atoms with Crippen LogP contribution >= 0.6 is 0 Å². The first kappa shape index (κ1) is 11.4. The van der Waals surface area contributed by atoms with E-state index in [1.807, 2.05) is 13.8 Å². The third kappa shape index (κ3) is 2.36. The Morgan fingerprint density at radius 2 is 1.94 bits per heavy atom.